The van der Waals surface area contributed by atoms with Crippen molar-refractivity contribution in [3.05, 3.63) is 0 Å². The van der Waals surface area contributed by atoms with Gasteiger partial charge in [0.05, 0.1) is 18.8 Å². The van der Waals surface area contributed by atoms with Crippen LogP contribution in [0, 0.1) is 0 Å². The average Bonchev–Trinajstić information content (AvgIpc) is 3.22. The van der Waals surface area contributed by atoms with Crippen molar-refractivity contribution in [2.45, 2.75) is 328 Å². The van der Waals surface area contributed by atoms with Gasteiger partial charge in [-0.25, -0.2) is 0 Å². The summed E-state index contributed by atoms with van der Waals surface area (Å²) in [5.41, 5.74) is 0. The first-order valence-corrected chi connectivity index (χ1v) is 26.7. The van der Waals surface area contributed by atoms with E-state index in [1.807, 2.05) is 0 Å². The predicted octanol–water partition coefficient (Wildman–Crippen LogP) is 17.2. The Bertz CT molecular complexity index is 744. The largest absolute Gasteiger partial charge is 0.394 e. The zero-order chi connectivity index (χ0) is 41.4. The fourth-order valence-electron chi connectivity index (χ4n) is 8.78. The molecule has 342 valence electrons. The highest BCUT2D eigenvalue weighted by Gasteiger charge is 2.20. The lowest BCUT2D eigenvalue weighted by atomic mass is 10.0. The number of carbonyl (C=O) groups is 1. The van der Waals surface area contributed by atoms with E-state index >= 15 is 0 Å². The molecule has 0 radical (unpaired) electrons. The van der Waals surface area contributed by atoms with E-state index < -0.39 is 12.1 Å². The maximum Gasteiger partial charge on any atom is 0.220 e. The number of amides is 1. The Balaban J connectivity index is 3.35. The van der Waals surface area contributed by atoms with Crippen LogP contribution in [0.2, 0.25) is 0 Å². The zero-order valence-electron chi connectivity index (χ0n) is 39.4. The van der Waals surface area contributed by atoms with Gasteiger partial charge >= 0.3 is 0 Å². The zero-order valence-corrected chi connectivity index (χ0v) is 39.4. The highest BCUT2D eigenvalue weighted by Crippen LogP contribution is 2.18. The van der Waals surface area contributed by atoms with Crippen LogP contribution < -0.4 is 5.32 Å². The van der Waals surface area contributed by atoms with Gasteiger partial charge in [0.25, 0.3) is 0 Å². The molecule has 0 aliphatic rings. The highest BCUT2D eigenvalue weighted by molar-refractivity contribution is 5.76. The second kappa shape index (κ2) is 49.8. The second-order valence-electron chi connectivity index (χ2n) is 18.7. The first-order valence-electron chi connectivity index (χ1n) is 26.7. The minimum Gasteiger partial charge on any atom is -0.394 e. The quantitative estimate of drug-likeness (QED) is 0.0536. The third-order valence-corrected chi connectivity index (χ3v) is 12.9. The van der Waals surface area contributed by atoms with E-state index in [0.717, 1.165) is 25.7 Å². The molecule has 4 heteroatoms. The van der Waals surface area contributed by atoms with Gasteiger partial charge in [0.15, 0.2) is 0 Å². The minimum absolute atomic E-state index is 0.0240. The second-order valence-corrected chi connectivity index (χ2v) is 18.7. The van der Waals surface area contributed by atoms with Crippen molar-refractivity contribution >= 4 is 5.91 Å². The molecule has 2 atom stereocenters. The third kappa shape index (κ3) is 46.3. The summed E-state index contributed by atoms with van der Waals surface area (Å²) in [6, 6.07) is -0.529. The molecular formula is C53H107NO3. The van der Waals surface area contributed by atoms with Crippen LogP contribution in [0.5, 0.6) is 0 Å². The standard InChI is InChI=1S/C53H107NO3/c1-3-5-7-9-11-13-15-17-18-19-20-21-22-23-24-25-26-27-28-29-30-31-32-33-34-35-37-39-41-43-45-47-49-53(57)54-51(50-55)52(56)48-46-44-42-40-38-36-16-14-12-10-8-6-4-2/h51-52,55-56H,3-50H2,1-2H3,(H,54,57). The number of aliphatic hydroxyl groups excluding tert-OH is 2. The maximum absolute atomic E-state index is 12.4. The Morgan fingerprint density at radius 2 is 0.561 bits per heavy atom. The summed E-state index contributed by atoms with van der Waals surface area (Å²) in [6.07, 6.45) is 62.3. The van der Waals surface area contributed by atoms with Crippen molar-refractivity contribution in [1.82, 2.24) is 5.32 Å². The van der Waals surface area contributed by atoms with Crippen LogP contribution in [0.25, 0.3) is 0 Å². The van der Waals surface area contributed by atoms with Crippen molar-refractivity contribution in [1.29, 1.82) is 0 Å². The Morgan fingerprint density at radius 1 is 0.351 bits per heavy atom. The number of aliphatic hydroxyl groups is 2. The molecule has 0 saturated heterocycles. The SMILES string of the molecule is CCCCCCCCCCCCCCCCCCCCCCCCCCCCCCCCCCC(=O)NC(CO)C(O)CCCCCCCCCCCCCCC. The van der Waals surface area contributed by atoms with Crippen molar-refractivity contribution in [3.8, 4) is 0 Å². The van der Waals surface area contributed by atoms with Crippen LogP contribution in [0.15, 0.2) is 0 Å². The van der Waals surface area contributed by atoms with Gasteiger partial charge in [0.2, 0.25) is 5.91 Å². The van der Waals surface area contributed by atoms with Gasteiger partial charge in [-0.3, -0.25) is 4.79 Å². The van der Waals surface area contributed by atoms with E-state index in [2.05, 4.69) is 19.2 Å². The summed E-state index contributed by atoms with van der Waals surface area (Å²) < 4.78 is 0. The van der Waals surface area contributed by atoms with E-state index in [1.54, 1.807) is 0 Å². The highest BCUT2D eigenvalue weighted by atomic mass is 16.3. The maximum atomic E-state index is 12.4. The first-order chi connectivity index (χ1) is 28.2. The minimum atomic E-state index is -0.653. The molecule has 4 nitrogen and oxygen atoms in total. The van der Waals surface area contributed by atoms with Gasteiger partial charge in [-0.1, -0.05) is 296 Å². The molecule has 0 spiro atoms. The number of unbranched alkanes of at least 4 members (excludes halogenated alkanes) is 43. The number of carbonyl (C=O) groups excluding carboxylic acids is 1. The molecule has 57 heavy (non-hydrogen) atoms. The lowest BCUT2D eigenvalue weighted by Gasteiger charge is -2.22. The topological polar surface area (TPSA) is 69.6 Å². The summed E-state index contributed by atoms with van der Waals surface area (Å²) in [5.74, 6) is -0.0240. The Hall–Kier alpha value is -0.610. The Labute approximate surface area is 359 Å². The summed E-state index contributed by atoms with van der Waals surface area (Å²) in [4.78, 5) is 12.4. The van der Waals surface area contributed by atoms with E-state index in [9.17, 15) is 15.0 Å². The van der Waals surface area contributed by atoms with Crippen molar-refractivity contribution < 1.29 is 15.0 Å². The first kappa shape index (κ1) is 56.4. The molecule has 2 unspecified atom stereocenters. The lowest BCUT2D eigenvalue weighted by Crippen LogP contribution is -2.45. The van der Waals surface area contributed by atoms with E-state index in [-0.39, 0.29) is 12.5 Å². The van der Waals surface area contributed by atoms with Crippen molar-refractivity contribution in [2.75, 3.05) is 6.61 Å². The summed E-state index contributed by atoms with van der Waals surface area (Å²) in [6.45, 7) is 4.39. The van der Waals surface area contributed by atoms with Gasteiger partial charge in [-0.15, -0.1) is 0 Å². The number of rotatable bonds is 50. The molecule has 0 aromatic carbocycles. The van der Waals surface area contributed by atoms with Gasteiger partial charge in [-0.2, -0.15) is 0 Å². The molecule has 3 N–H and O–H groups in total. The van der Waals surface area contributed by atoms with E-state index in [0.29, 0.717) is 12.8 Å². The van der Waals surface area contributed by atoms with Crippen LogP contribution >= 0.6 is 0 Å². The third-order valence-electron chi connectivity index (χ3n) is 12.9. The molecule has 0 aromatic rings. The summed E-state index contributed by atoms with van der Waals surface area (Å²) >= 11 is 0. The molecule has 0 heterocycles. The summed E-state index contributed by atoms with van der Waals surface area (Å²) in [7, 11) is 0. The van der Waals surface area contributed by atoms with Gasteiger partial charge < -0.3 is 15.5 Å². The number of nitrogens with one attached hydrogen (secondary N) is 1. The fourth-order valence-corrected chi connectivity index (χ4v) is 8.78. The lowest BCUT2D eigenvalue weighted by molar-refractivity contribution is -0.123. The number of hydrogen-bond donors (Lipinski definition) is 3. The molecule has 0 aliphatic heterocycles. The van der Waals surface area contributed by atoms with Crippen LogP contribution in [-0.2, 0) is 4.79 Å². The van der Waals surface area contributed by atoms with Gasteiger partial charge in [0.1, 0.15) is 0 Å². The van der Waals surface area contributed by atoms with E-state index in [1.165, 1.54) is 263 Å². The Kier molecular flexibility index (Phi) is 49.2. The van der Waals surface area contributed by atoms with Crippen molar-refractivity contribution in [2.24, 2.45) is 0 Å². The molecule has 0 rings (SSSR count). The Morgan fingerprint density at radius 3 is 0.789 bits per heavy atom. The van der Waals surface area contributed by atoms with Gasteiger partial charge in [-0.05, 0) is 12.8 Å². The number of hydrogen-bond acceptors (Lipinski definition) is 3. The monoisotopic (exact) mass is 806 g/mol. The van der Waals surface area contributed by atoms with Crippen LogP contribution in [0.1, 0.15) is 316 Å². The summed E-state index contributed by atoms with van der Waals surface area (Å²) in [5, 5.41) is 23.2. The van der Waals surface area contributed by atoms with Crippen LogP contribution in [0.4, 0.5) is 0 Å². The molecule has 0 aromatic heterocycles. The predicted molar refractivity (Wildman–Crippen MR) is 253 cm³/mol. The molecular weight excluding hydrogens is 699 g/mol. The molecule has 1 amide bonds. The molecule has 0 saturated carbocycles. The molecule has 0 fully saturated rings. The van der Waals surface area contributed by atoms with E-state index in [4.69, 9.17) is 0 Å². The smallest absolute Gasteiger partial charge is 0.220 e. The molecule has 0 bridgehead atoms. The molecule has 0 aliphatic carbocycles. The van der Waals surface area contributed by atoms with Crippen LogP contribution in [0.3, 0.4) is 0 Å². The van der Waals surface area contributed by atoms with Crippen LogP contribution in [-0.4, -0.2) is 34.9 Å². The average molecular weight is 806 g/mol. The van der Waals surface area contributed by atoms with Crippen molar-refractivity contribution in [3.63, 3.8) is 0 Å². The fraction of sp³-hybridized carbons (Fsp3) is 0.981. The van der Waals surface area contributed by atoms with Gasteiger partial charge in [0, 0.05) is 6.42 Å². The normalized spacial score (nSPS) is 12.7.